The number of anilines is 1. The van der Waals surface area contributed by atoms with Crippen molar-refractivity contribution in [2.45, 2.75) is 33.1 Å². The number of benzene rings is 1. The molecule has 2 fully saturated rings. The van der Waals surface area contributed by atoms with E-state index in [0.717, 1.165) is 35.0 Å². The number of amides is 1. The normalized spacial score (nSPS) is 30.6. The van der Waals surface area contributed by atoms with Gasteiger partial charge in [-0.2, -0.15) is 0 Å². The van der Waals surface area contributed by atoms with Crippen LogP contribution >= 0.6 is 15.9 Å². The van der Waals surface area contributed by atoms with Gasteiger partial charge in [-0.25, -0.2) is 0 Å². The molecule has 0 unspecified atom stereocenters. The third-order valence-corrected chi connectivity index (χ3v) is 5.96. The first-order chi connectivity index (χ1) is 9.36. The lowest BCUT2D eigenvalue weighted by molar-refractivity contribution is -0.123. The molecule has 0 spiro atoms. The molecule has 0 heterocycles. The number of hydrogen-bond donors (Lipinski definition) is 1. The summed E-state index contributed by atoms with van der Waals surface area (Å²) in [5, 5.41) is 3.08. The summed E-state index contributed by atoms with van der Waals surface area (Å²) in [7, 11) is 0. The van der Waals surface area contributed by atoms with Crippen LogP contribution in [0.3, 0.4) is 0 Å². The van der Waals surface area contributed by atoms with Crippen LogP contribution < -0.4 is 5.32 Å². The summed E-state index contributed by atoms with van der Waals surface area (Å²) in [6, 6.07) is 7.73. The molecule has 2 aliphatic rings. The van der Waals surface area contributed by atoms with Crippen molar-refractivity contribution < 1.29 is 4.79 Å². The highest BCUT2D eigenvalue weighted by atomic mass is 79.9. The van der Waals surface area contributed by atoms with Gasteiger partial charge in [0.25, 0.3) is 0 Å². The van der Waals surface area contributed by atoms with Crippen LogP contribution in [0.4, 0.5) is 5.69 Å². The number of hydrogen-bond acceptors (Lipinski definition) is 1. The summed E-state index contributed by atoms with van der Waals surface area (Å²) in [5.41, 5.74) is 1.72. The van der Waals surface area contributed by atoms with Crippen LogP contribution in [0, 0.1) is 16.7 Å². The summed E-state index contributed by atoms with van der Waals surface area (Å²) in [6.07, 6.45) is 3.04. The second-order valence-electron chi connectivity index (χ2n) is 6.68. The molecule has 3 rings (SSSR count). The number of carbonyl (C=O) groups excluding carboxylic acids is 1. The van der Waals surface area contributed by atoms with Crippen molar-refractivity contribution in [3.8, 4) is 0 Å². The van der Waals surface area contributed by atoms with Crippen molar-refractivity contribution >= 4 is 27.5 Å². The zero-order valence-corrected chi connectivity index (χ0v) is 13.6. The van der Waals surface area contributed by atoms with Gasteiger partial charge < -0.3 is 5.32 Å². The van der Waals surface area contributed by atoms with E-state index in [-0.39, 0.29) is 16.7 Å². The predicted molar refractivity (Wildman–Crippen MR) is 85.5 cm³/mol. The topological polar surface area (TPSA) is 29.1 Å². The van der Waals surface area contributed by atoms with Gasteiger partial charge in [-0.1, -0.05) is 41.9 Å². The van der Waals surface area contributed by atoms with E-state index in [9.17, 15) is 4.79 Å². The zero-order valence-electron chi connectivity index (χ0n) is 12.0. The standard InChI is InChI=1S/C17H20BrNO/c1-11-16(2,3)12-8-9-17(11,10-12)15(20)19-14-6-4-13(18)5-7-14/h4-7,12H,1,8-10H2,2-3H3,(H,19,20)/t12-,17-/m0/s1. The average Bonchev–Trinajstić information content (AvgIpc) is 2.93. The molecule has 106 valence electrons. The highest BCUT2D eigenvalue weighted by molar-refractivity contribution is 9.10. The van der Waals surface area contributed by atoms with Gasteiger partial charge in [0.1, 0.15) is 0 Å². The van der Waals surface area contributed by atoms with Gasteiger partial charge >= 0.3 is 0 Å². The quantitative estimate of drug-likeness (QED) is 0.776. The maximum absolute atomic E-state index is 12.8. The Morgan fingerprint density at radius 3 is 2.55 bits per heavy atom. The Morgan fingerprint density at radius 2 is 2.00 bits per heavy atom. The number of carbonyl (C=O) groups is 1. The Morgan fingerprint density at radius 1 is 1.35 bits per heavy atom. The van der Waals surface area contributed by atoms with Crippen LogP contribution in [0.1, 0.15) is 33.1 Å². The third-order valence-electron chi connectivity index (χ3n) is 5.43. The van der Waals surface area contributed by atoms with Gasteiger partial charge in [0, 0.05) is 10.2 Å². The summed E-state index contributed by atoms with van der Waals surface area (Å²) in [6.45, 7) is 8.73. The van der Waals surface area contributed by atoms with E-state index in [4.69, 9.17) is 0 Å². The van der Waals surface area contributed by atoms with Gasteiger partial charge in [0.05, 0.1) is 5.41 Å². The molecule has 0 aliphatic heterocycles. The lowest BCUT2D eigenvalue weighted by Crippen LogP contribution is -2.37. The van der Waals surface area contributed by atoms with Crippen LogP contribution in [0.25, 0.3) is 0 Å². The third kappa shape index (κ3) is 1.86. The molecule has 0 radical (unpaired) electrons. The molecule has 1 N–H and O–H groups in total. The zero-order chi connectivity index (χ0) is 14.5. The molecule has 1 aromatic rings. The lowest BCUT2D eigenvalue weighted by atomic mass is 9.68. The first-order valence-corrected chi connectivity index (χ1v) is 7.92. The molecule has 2 saturated carbocycles. The van der Waals surface area contributed by atoms with Gasteiger partial charge in [0.2, 0.25) is 5.91 Å². The minimum Gasteiger partial charge on any atom is -0.325 e. The Hall–Kier alpha value is -1.09. The van der Waals surface area contributed by atoms with Crippen molar-refractivity contribution in [2.75, 3.05) is 5.32 Å². The second-order valence-corrected chi connectivity index (χ2v) is 7.60. The Kier molecular flexibility index (Phi) is 3.09. The van der Waals surface area contributed by atoms with Crippen molar-refractivity contribution in [2.24, 2.45) is 16.7 Å². The highest BCUT2D eigenvalue weighted by Crippen LogP contribution is 2.65. The van der Waals surface area contributed by atoms with Gasteiger partial charge in [-0.15, -0.1) is 0 Å². The van der Waals surface area contributed by atoms with Crippen LogP contribution in [0.5, 0.6) is 0 Å². The predicted octanol–water partition coefficient (Wildman–Crippen LogP) is 4.77. The fourth-order valence-corrected chi connectivity index (χ4v) is 4.19. The minimum absolute atomic E-state index is 0.0926. The first-order valence-electron chi connectivity index (χ1n) is 7.13. The highest BCUT2D eigenvalue weighted by Gasteiger charge is 2.60. The van der Waals surface area contributed by atoms with Gasteiger partial charge in [0.15, 0.2) is 0 Å². The molecule has 2 bridgehead atoms. The number of halogens is 1. The maximum atomic E-state index is 12.8. The summed E-state index contributed by atoms with van der Waals surface area (Å²) < 4.78 is 1.01. The van der Waals surface area contributed by atoms with E-state index < -0.39 is 0 Å². The molecule has 2 aliphatic carbocycles. The van der Waals surface area contributed by atoms with Gasteiger partial charge in [-0.05, 0) is 54.9 Å². The van der Waals surface area contributed by atoms with E-state index in [1.807, 2.05) is 24.3 Å². The molecule has 1 amide bonds. The van der Waals surface area contributed by atoms with Crippen molar-refractivity contribution in [1.29, 1.82) is 0 Å². The molecule has 20 heavy (non-hydrogen) atoms. The minimum atomic E-state index is -0.346. The van der Waals surface area contributed by atoms with Gasteiger partial charge in [-0.3, -0.25) is 4.79 Å². The molecular weight excluding hydrogens is 314 g/mol. The van der Waals surface area contributed by atoms with Crippen molar-refractivity contribution in [3.63, 3.8) is 0 Å². The monoisotopic (exact) mass is 333 g/mol. The van der Waals surface area contributed by atoms with Crippen LogP contribution in [-0.4, -0.2) is 5.91 Å². The van der Waals surface area contributed by atoms with Crippen LogP contribution in [-0.2, 0) is 4.79 Å². The number of rotatable bonds is 2. The van der Waals surface area contributed by atoms with Crippen LogP contribution in [0.2, 0.25) is 0 Å². The van der Waals surface area contributed by atoms with Crippen LogP contribution in [0.15, 0.2) is 40.9 Å². The Labute approximate surface area is 128 Å². The number of nitrogens with one attached hydrogen (secondary N) is 1. The van der Waals surface area contributed by atoms with Crippen molar-refractivity contribution in [1.82, 2.24) is 0 Å². The molecule has 0 aromatic heterocycles. The molecule has 2 nitrogen and oxygen atoms in total. The lowest BCUT2D eigenvalue weighted by Gasteiger charge is -2.37. The Balaban J connectivity index is 1.84. The summed E-state index contributed by atoms with van der Waals surface area (Å²) in [5.74, 6) is 0.726. The molecule has 3 heteroatoms. The largest absolute Gasteiger partial charge is 0.325 e. The van der Waals surface area contributed by atoms with E-state index in [1.54, 1.807) is 0 Å². The first kappa shape index (κ1) is 13.9. The second kappa shape index (κ2) is 4.45. The van der Waals surface area contributed by atoms with E-state index in [1.165, 1.54) is 0 Å². The maximum Gasteiger partial charge on any atom is 0.234 e. The summed E-state index contributed by atoms with van der Waals surface area (Å²) in [4.78, 5) is 12.8. The van der Waals surface area contributed by atoms with E-state index >= 15 is 0 Å². The molecule has 2 atom stereocenters. The van der Waals surface area contributed by atoms with Crippen molar-refractivity contribution in [3.05, 3.63) is 40.9 Å². The fourth-order valence-electron chi connectivity index (χ4n) is 3.93. The summed E-state index contributed by atoms with van der Waals surface area (Å²) >= 11 is 3.41. The smallest absolute Gasteiger partial charge is 0.234 e. The van der Waals surface area contributed by atoms with E-state index in [0.29, 0.717) is 5.92 Å². The molecule has 0 saturated heterocycles. The molecular formula is C17H20BrNO. The molecule has 1 aromatic carbocycles. The number of fused-ring (bicyclic) bond motifs is 2. The average molecular weight is 334 g/mol. The SMILES string of the molecule is C=C1C(C)(C)[C@H]2CC[C@]1(C(=O)Nc1ccc(Br)cc1)C2. The van der Waals surface area contributed by atoms with E-state index in [2.05, 4.69) is 41.7 Å². The fraction of sp³-hybridized carbons (Fsp3) is 0.471. The Bertz CT molecular complexity index is 575.